The molecule has 0 aliphatic carbocycles. The van der Waals surface area contributed by atoms with Crippen LogP contribution in [0.1, 0.15) is 18.4 Å². The van der Waals surface area contributed by atoms with Gasteiger partial charge in [0.1, 0.15) is 0 Å². The minimum Gasteiger partial charge on any atom is -0.271 e. The summed E-state index contributed by atoms with van der Waals surface area (Å²) in [6.07, 6.45) is 6.46. The van der Waals surface area contributed by atoms with E-state index in [9.17, 15) is 0 Å². The topological polar surface area (TPSA) is 38.0 Å². The first kappa shape index (κ1) is 9.96. The van der Waals surface area contributed by atoms with Gasteiger partial charge in [0.15, 0.2) is 0 Å². The first-order valence-corrected chi connectivity index (χ1v) is 4.58. The van der Waals surface area contributed by atoms with Gasteiger partial charge < -0.3 is 0 Å². The van der Waals surface area contributed by atoms with Crippen LogP contribution in [0.15, 0.2) is 36.4 Å². The molecule has 0 radical (unpaired) electrons. The highest BCUT2D eigenvalue weighted by molar-refractivity contribution is 5.48. The van der Waals surface area contributed by atoms with Gasteiger partial charge in [0, 0.05) is 6.54 Å². The molecule has 0 amide bonds. The van der Waals surface area contributed by atoms with E-state index < -0.39 is 0 Å². The van der Waals surface area contributed by atoms with Crippen molar-refractivity contribution in [1.82, 2.24) is 5.43 Å². The summed E-state index contributed by atoms with van der Waals surface area (Å²) in [5, 5.41) is 0. The zero-order valence-electron chi connectivity index (χ0n) is 7.74. The zero-order valence-corrected chi connectivity index (χ0v) is 7.74. The monoisotopic (exact) mass is 176 g/mol. The van der Waals surface area contributed by atoms with Crippen LogP contribution in [0.4, 0.5) is 0 Å². The third-order valence-corrected chi connectivity index (χ3v) is 1.80. The standard InChI is InChI=1S/C11H16N2/c12-13-10-6-2-5-9-11-7-3-1-4-8-11/h1,3-5,7-9,13H,2,6,10,12H2. The summed E-state index contributed by atoms with van der Waals surface area (Å²) in [7, 11) is 0. The molecule has 0 aliphatic heterocycles. The van der Waals surface area contributed by atoms with Crippen molar-refractivity contribution in [3.63, 3.8) is 0 Å². The SMILES string of the molecule is NNCCCC=Cc1ccccc1. The second-order valence-electron chi connectivity index (χ2n) is 2.91. The maximum atomic E-state index is 5.15. The fourth-order valence-electron chi connectivity index (χ4n) is 1.11. The van der Waals surface area contributed by atoms with Gasteiger partial charge in [-0.05, 0) is 18.4 Å². The number of allylic oxidation sites excluding steroid dienone is 1. The summed E-state index contributed by atoms with van der Waals surface area (Å²) < 4.78 is 0. The number of hydrogen-bond acceptors (Lipinski definition) is 2. The zero-order chi connectivity index (χ0) is 9.36. The summed E-state index contributed by atoms with van der Waals surface area (Å²) in [6, 6.07) is 10.3. The summed E-state index contributed by atoms with van der Waals surface area (Å²) in [6.45, 7) is 0.874. The van der Waals surface area contributed by atoms with Crippen LogP contribution < -0.4 is 11.3 Å². The quantitative estimate of drug-likeness (QED) is 0.409. The number of hydrazine groups is 1. The highest BCUT2D eigenvalue weighted by atomic mass is 15.2. The van der Waals surface area contributed by atoms with E-state index in [4.69, 9.17) is 5.84 Å². The smallest absolute Gasteiger partial charge is 0.0100 e. The average Bonchev–Trinajstić information content (AvgIpc) is 2.19. The van der Waals surface area contributed by atoms with Crippen LogP contribution in [0.2, 0.25) is 0 Å². The first-order chi connectivity index (χ1) is 6.43. The number of nitrogens with one attached hydrogen (secondary N) is 1. The maximum Gasteiger partial charge on any atom is 0.0100 e. The molecule has 0 bridgehead atoms. The lowest BCUT2D eigenvalue weighted by Gasteiger charge is -1.94. The molecule has 0 atom stereocenters. The molecule has 1 rings (SSSR count). The molecule has 1 aromatic rings. The van der Waals surface area contributed by atoms with Crippen LogP contribution >= 0.6 is 0 Å². The fraction of sp³-hybridized carbons (Fsp3) is 0.273. The molecule has 3 N–H and O–H groups in total. The van der Waals surface area contributed by atoms with Crippen LogP contribution in [0, 0.1) is 0 Å². The van der Waals surface area contributed by atoms with Crippen LogP contribution in [-0.2, 0) is 0 Å². The van der Waals surface area contributed by atoms with Crippen molar-refractivity contribution in [1.29, 1.82) is 0 Å². The van der Waals surface area contributed by atoms with Crippen LogP contribution in [0.3, 0.4) is 0 Å². The molecule has 0 spiro atoms. The Labute approximate surface area is 79.4 Å². The summed E-state index contributed by atoms with van der Waals surface area (Å²) in [5.74, 6) is 5.15. The summed E-state index contributed by atoms with van der Waals surface area (Å²) in [5.41, 5.74) is 3.89. The molecule has 0 unspecified atom stereocenters. The molecular formula is C11H16N2. The summed E-state index contributed by atoms with van der Waals surface area (Å²) in [4.78, 5) is 0. The molecule has 0 aliphatic rings. The number of rotatable bonds is 5. The first-order valence-electron chi connectivity index (χ1n) is 4.58. The fourth-order valence-corrected chi connectivity index (χ4v) is 1.11. The Hall–Kier alpha value is -1.12. The molecule has 13 heavy (non-hydrogen) atoms. The predicted molar refractivity (Wildman–Crippen MR) is 56.9 cm³/mol. The molecule has 2 nitrogen and oxygen atoms in total. The lowest BCUT2D eigenvalue weighted by Crippen LogP contribution is -2.22. The molecule has 0 fully saturated rings. The molecule has 0 heterocycles. The number of unbranched alkanes of at least 4 members (excludes halogenated alkanes) is 1. The Morgan fingerprint density at radius 1 is 1.23 bits per heavy atom. The van der Waals surface area contributed by atoms with E-state index in [2.05, 4.69) is 29.7 Å². The molecule has 0 saturated carbocycles. The van der Waals surface area contributed by atoms with Crippen LogP contribution in [0.5, 0.6) is 0 Å². The van der Waals surface area contributed by atoms with Gasteiger partial charge in [0.25, 0.3) is 0 Å². The highest BCUT2D eigenvalue weighted by Gasteiger charge is 1.83. The lowest BCUT2D eigenvalue weighted by atomic mass is 10.2. The number of benzene rings is 1. The Balaban J connectivity index is 2.25. The molecule has 2 heteroatoms. The normalized spacial score (nSPS) is 10.8. The van der Waals surface area contributed by atoms with Crippen molar-refractivity contribution in [2.75, 3.05) is 6.54 Å². The Kier molecular flexibility index (Phi) is 4.91. The minimum atomic E-state index is 0.874. The van der Waals surface area contributed by atoms with E-state index in [1.165, 1.54) is 5.56 Å². The third kappa shape index (κ3) is 4.45. The van der Waals surface area contributed by atoms with Gasteiger partial charge in [-0.25, -0.2) is 0 Å². The van der Waals surface area contributed by atoms with Crippen LogP contribution in [-0.4, -0.2) is 6.54 Å². The van der Waals surface area contributed by atoms with Crippen molar-refractivity contribution in [3.05, 3.63) is 42.0 Å². The van der Waals surface area contributed by atoms with Gasteiger partial charge in [-0.1, -0.05) is 42.5 Å². The second-order valence-corrected chi connectivity index (χ2v) is 2.91. The van der Waals surface area contributed by atoms with Crippen molar-refractivity contribution < 1.29 is 0 Å². The van der Waals surface area contributed by atoms with Gasteiger partial charge in [-0.2, -0.15) is 0 Å². The summed E-state index contributed by atoms with van der Waals surface area (Å²) >= 11 is 0. The predicted octanol–water partition coefficient (Wildman–Crippen LogP) is 1.94. The minimum absolute atomic E-state index is 0.874. The van der Waals surface area contributed by atoms with Gasteiger partial charge in [0.2, 0.25) is 0 Å². The van der Waals surface area contributed by atoms with E-state index in [0.717, 1.165) is 19.4 Å². The lowest BCUT2D eigenvalue weighted by molar-refractivity contribution is 0.688. The average molecular weight is 176 g/mol. The Bertz CT molecular complexity index is 242. The second kappa shape index (κ2) is 6.40. The van der Waals surface area contributed by atoms with E-state index in [1.54, 1.807) is 0 Å². The van der Waals surface area contributed by atoms with Gasteiger partial charge in [-0.3, -0.25) is 11.3 Å². The van der Waals surface area contributed by atoms with Gasteiger partial charge >= 0.3 is 0 Å². The molecule has 0 aromatic heterocycles. The van der Waals surface area contributed by atoms with E-state index >= 15 is 0 Å². The van der Waals surface area contributed by atoms with E-state index in [1.807, 2.05) is 18.2 Å². The maximum absolute atomic E-state index is 5.15. The molecular weight excluding hydrogens is 160 g/mol. The third-order valence-electron chi connectivity index (χ3n) is 1.80. The Morgan fingerprint density at radius 2 is 2.00 bits per heavy atom. The largest absolute Gasteiger partial charge is 0.271 e. The van der Waals surface area contributed by atoms with Gasteiger partial charge in [-0.15, -0.1) is 0 Å². The van der Waals surface area contributed by atoms with Crippen molar-refractivity contribution in [2.45, 2.75) is 12.8 Å². The molecule has 70 valence electrons. The highest BCUT2D eigenvalue weighted by Crippen LogP contribution is 2.02. The van der Waals surface area contributed by atoms with Crippen LogP contribution in [0.25, 0.3) is 6.08 Å². The van der Waals surface area contributed by atoms with Crippen molar-refractivity contribution >= 4 is 6.08 Å². The Morgan fingerprint density at radius 3 is 2.69 bits per heavy atom. The molecule has 0 saturated heterocycles. The van der Waals surface area contributed by atoms with Crippen molar-refractivity contribution in [3.8, 4) is 0 Å². The van der Waals surface area contributed by atoms with Gasteiger partial charge in [0.05, 0.1) is 0 Å². The molecule has 1 aromatic carbocycles. The van der Waals surface area contributed by atoms with Crippen molar-refractivity contribution in [2.24, 2.45) is 5.84 Å². The van der Waals surface area contributed by atoms with E-state index in [0.29, 0.717) is 0 Å². The number of nitrogens with two attached hydrogens (primary N) is 1. The number of hydrogen-bond donors (Lipinski definition) is 2. The van der Waals surface area contributed by atoms with E-state index in [-0.39, 0.29) is 0 Å².